The standard InChI is InChI=1S/C48H68N14O17/c1-22(2)39(48(78)79)62-46(76)29(16-23-6-4-3-5-7-23)57-44(74)32(20-38(54)69)59-45(75)31(19-37(53)68)58-41(71)27(13-15-35(51)66)55-43(73)30(18-36(52)67)60-47(77)33(21-63)61-42(72)28(17-24-8-10-25(64)11-9-24)56-40(70)26(49)12-14-34(50)65/h3-11,22,26-33,39,63-64H,12-21,49H2,1-2H3,(H2,50,65)(H2,51,66)(H2,52,67)(H2,53,68)(H2,54,69)(H,55,73)(H,56,70)(H,57,74)(H,58,71)(H,59,75)(H,60,77)(H,61,72)(H,62,76)(H,78,79)/p+1/t26-,27-,28-,29-,30-,31-,32-,33-,39-/m0/s1. The number of nitrogens with one attached hydrogen (secondary N) is 8. The molecule has 0 aliphatic rings. The van der Waals surface area contributed by atoms with E-state index in [1.165, 1.54) is 38.1 Å². The topological polar surface area (TPSA) is 554 Å². The number of nitrogens with two attached hydrogens (primary N) is 5. The van der Waals surface area contributed by atoms with E-state index >= 15 is 0 Å². The molecule has 0 heterocycles. The number of quaternary nitrogens is 1. The summed E-state index contributed by atoms with van der Waals surface area (Å²) in [5.74, 6) is -17.1. The van der Waals surface area contributed by atoms with Crippen LogP contribution in [-0.2, 0) is 80.0 Å². The summed E-state index contributed by atoms with van der Waals surface area (Å²) in [5.41, 5.74) is 31.2. The number of aliphatic hydroxyl groups is 1. The Kier molecular flexibility index (Phi) is 27.0. The van der Waals surface area contributed by atoms with Gasteiger partial charge < -0.3 is 92.3 Å². The average Bonchev–Trinajstić information content (AvgIpc) is 3.36. The van der Waals surface area contributed by atoms with Gasteiger partial charge in [-0.3, -0.25) is 62.3 Å². The molecular formula is C48H69N14O17+. The van der Waals surface area contributed by atoms with Gasteiger partial charge in [0.05, 0.1) is 25.9 Å². The van der Waals surface area contributed by atoms with Crippen molar-refractivity contribution in [1.82, 2.24) is 42.5 Å². The van der Waals surface area contributed by atoms with Gasteiger partial charge in [-0.2, -0.15) is 0 Å². The number of carboxylic acid groups (broad SMARTS) is 1. The van der Waals surface area contributed by atoms with Gasteiger partial charge in [0.25, 0.3) is 5.91 Å². The summed E-state index contributed by atoms with van der Waals surface area (Å²) in [4.78, 5) is 181. The minimum Gasteiger partial charge on any atom is -0.508 e. The highest BCUT2D eigenvalue weighted by atomic mass is 16.4. The van der Waals surface area contributed by atoms with E-state index in [1.54, 1.807) is 30.3 Å². The number of rotatable bonds is 35. The number of aliphatic hydroxyl groups excluding tert-OH is 1. The van der Waals surface area contributed by atoms with Crippen molar-refractivity contribution in [2.45, 2.75) is 126 Å². The van der Waals surface area contributed by atoms with E-state index in [1.807, 2.05) is 0 Å². The van der Waals surface area contributed by atoms with Gasteiger partial charge in [-0.25, -0.2) is 4.79 Å². The van der Waals surface area contributed by atoms with Crippen LogP contribution in [0.4, 0.5) is 0 Å². The van der Waals surface area contributed by atoms with E-state index < -0.39 is 182 Å². The Hall–Kier alpha value is -9.26. The summed E-state index contributed by atoms with van der Waals surface area (Å²) >= 11 is 0. The minimum atomic E-state index is -2.04. The van der Waals surface area contributed by atoms with Crippen molar-refractivity contribution in [1.29, 1.82) is 0 Å². The van der Waals surface area contributed by atoms with E-state index in [9.17, 15) is 82.4 Å². The summed E-state index contributed by atoms with van der Waals surface area (Å²) in [5, 5.41) is 47.6. The van der Waals surface area contributed by atoms with Gasteiger partial charge >= 0.3 is 5.97 Å². The van der Waals surface area contributed by atoms with Crippen molar-refractivity contribution < 1.29 is 88.2 Å². The van der Waals surface area contributed by atoms with Crippen LogP contribution in [0.1, 0.15) is 69.9 Å². The van der Waals surface area contributed by atoms with E-state index in [-0.39, 0.29) is 31.4 Å². The molecule has 0 aromatic heterocycles. The maximum atomic E-state index is 13.9. The molecule has 0 fully saturated rings. The third-order valence-electron chi connectivity index (χ3n) is 11.5. The van der Waals surface area contributed by atoms with Crippen molar-refractivity contribution in [2.24, 2.45) is 34.6 Å². The van der Waals surface area contributed by atoms with Gasteiger partial charge in [-0.1, -0.05) is 56.3 Å². The lowest BCUT2D eigenvalue weighted by Crippen LogP contribution is -2.69. The van der Waals surface area contributed by atoms with Crippen LogP contribution in [0.25, 0.3) is 0 Å². The zero-order chi connectivity index (χ0) is 59.7. The first-order chi connectivity index (χ1) is 37.0. The molecule has 13 amide bonds. The van der Waals surface area contributed by atoms with Gasteiger partial charge in [-0.15, -0.1) is 0 Å². The van der Waals surface area contributed by atoms with Crippen molar-refractivity contribution in [2.75, 3.05) is 6.61 Å². The summed E-state index contributed by atoms with van der Waals surface area (Å²) in [6, 6.07) is -1.90. The Morgan fingerprint density at radius 1 is 0.443 bits per heavy atom. The van der Waals surface area contributed by atoms with Crippen molar-refractivity contribution in [3.8, 4) is 5.75 Å². The molecule has 24 N–H and O–H groups in total. The third-order valence-corrected chi connectivity index (χ3v) is 11.5. The van der Waals surface area contributed by atoms with Crippen LogP contribution in [0.15, 0.2) is 54.6 Å². The largest absolute Gasteiger partial charge is 0.508 e. The molecule has 0 aliphatic heterocycles. The first-order valence-corrected chi connectivity index (χ1v) is 24.3. The highest BCUT2D eigenvalue weighted by Crippen LogP contribution is 2.13. The monoisotopic (exact) mass is 1110 g/mol. The zero-order valence-corrected chi connectivity index (χ0v) is 43.2. The summed E-state index contributed by atoms with van der Waals surface area (Å²) in [6.07, 6.45) is -5.12. The predicted molar refractivity (Wildman–Crippen MR) is 272 cm³/mol. The molecule has 2 rings (SSSR count). The molecule has 0 bridgehead atoms. The number of carbonyl (C=O) groups excluding carboxylic acids is 13. The molecule has 0 saturated carbocycles. The fourth-order valence-corrected chi connectivity index (χ4v) is 7.26. The smallest absolute Gasteiger partial charge is 0.326 e. The molecule has 0 radical (unpaired) electrons. The normalized spacial score (nSPS) is 14.3. The predicted octanol–water partition coefficient (Wildman–Crippen LogP) is -8.44. The van der Waals surface area contributed by atoms with Crippen LogP contribution < -0.4 is 76.9 Å². The van der Waals surface area contributed by atoms with Gasteiger partial charge in [0.2, 0.25) is 70.9 Å². The van der Waals surface area contributed by atoms with Gasteiger partial charge in [0, 0.05) is 32.1 Å². The maximum Gasteiger partial charge on any atom is 0.326 e. The van der Waals surface area contributed by atoms with Crippen molar-refractivity contribution >= 4 is 82.8 Å². The Bertz CT molecular complexity index is 2550. The lowest BCUT2D eigenvalue weighted by molar-refractivity contribution is -0.405. The fraction of sp³-hybridized carbons (Fsp3) is 0.458. The number of aliphatic carboxylic acids is 1. The Balaban J connectivity index is 2.42. The van der Waals surface area contributed by atoms with Crippen LogP contribution in [0, 0.1) is 5.92 Å². The number of benzene rings is 2. The number of aromatic hydroxyl groups is 1. The molecule has 79 heavy (non-hydrogen) atoms. The van der Waals surface area contributed by atoms with Gasteiger partial charge in [-0.05, 0) is 35.6 Å². The van der Waals surface area contributed by atoms with Crippen molar-refractivity contribution in [3.63, 3.8) is 0 Å². The molecule has 31 nitrogen and oxygen atoms in total. The number of carbonyl (C=O) groups is 14. The SMILES string of the molecule is CC(C)[C@H](NC(=O)[C@H](Cc1ccccc1)NC(=O)[C@H](CC(N)=O)NC(=O)[C@H](CC(N)=O)NC(=O)[C@H](CCC(N)=O)NC(=O)[C@H](CC(N)=O)NC(=O)[C@H](CO)NC(=O)[C@H](Cc1ccc(O)cc1)NC(=O)[C@@H]([NH3+])CCC(N)=O)C(=O)O. The lowest BCUT2D eigenvalue weighted by Gasteiger charge is -2.27. The molecule has 2 aromatic rings. The quantitative estimate of drug-likeness (QED) is 0.0305. The van der Waals surface area contributed by atoms with Crippen molar-refractivity contribution in [3.05, 3.63) is 65.7 Å². The molecule has 432 valence electrons. The second-order valence-electron chi connectivity index (χ2n) is 18.5. The first-order valence-electron chi connectivity index (χ1n) is 24.3. The van der Waals surface area contributed by atoms with Crippen LogP contribution >= 0.6 is 0 Å². The molecule has 9 atom stereocenters. The lowest BCUT2D eigenvalue weighted by atomic mass is 10.0. The van der Waals surface area contributed by atoms with E-state index in [2.05, 4.69) is 48.3 Å². The number of primary amides is 5. The summed E-state index contributed by atoms with van der Waals surface area (Å²) < 4.78 is 0. The number of phenolic OH excluding ortho intramolecular Hbond substituents is 1. The number of hydrogen-bond donors (Lipinski definition) is 17. The number of amides is 13. The second kappa shape index (κ2) is 32.4. The van der Waals surface area contributed by atoms with E-state index in [4.69, 9.17) is 28.7 Å². The van der Waals surface area contributed by atoms with Crippen LogP contribution in [-0.4, -0.2) is 159 Å². The third kappa shape index (κ3) is 24.1. The maximum absolute atomic E-state index is 13.9. The van der Waals surface area contributed by atoms with E-state index in [0.29, 0.717) is 11.1 Å². The summed E-state index contributed by atoms with van der Waals surface area (Å²) in [6.45, 7) is 1.87. The molecule has 0 saturated heterocycles. The molecule has 0 spiro atoms. The van der Waals surface area contributed by atoms with Gasteiger partial charge in [0.15, 0.2) is 6.04 Å². The second-order valence-corrected chi connectivity index (χ2v) is 18.5. The fourth-order valence-electron chi connectivity index (χ4n) is 7.26. The average molecular weight is 1110 g/mol. The number of hydrogen-bond acceptors (Lipinski definition) is 16. The molecule has 31 heteroatoms. The summed E-state index contributed by atoms with van der Waals surface area (Å²) in [7, 11) is 0. The highest BCUT2D eigenvalue weighted by molar-refractivity contribution is 6.01. The zero-order valence-electron chi connectivity index (χ0n) is 43.2. The number of phenols is 1. The Labute approximate surface area is 451 Å². The van der Waals surface area contributed by atoms with Gasteiger partial charge in [0.1, 0.15) is 54.1 Å². The van der Waals surface area contributed by atoms with Crippen LogP contribution in [0.2, 0.25) is 0 Å². The molecule has 0 aliphatic carbocycles. The minimum absolute atomic E-state index is 0.104. The number of carboxylic acids is 1. The molecular weight excluding hydrogens is 1040 g/mol. The Morgan fingerprint density at radius 3 is 1.19 bits per heavy atom. The molecule has 0 unspecified atom stereocenters. The molecule has 2 aromatic carbocycles. The highest BCUT2D eigenvalue weighted by Gasteiger charge is 2.37. The van der Waals surface area contributed by atoms with Crippen LogP contribution in [0.3, 0.4) is 0 Å². The van der Waals surface area contributed by atoms with Crippen LogP contribution in [0.5, 0.6) is 5.75 Å². The Morgan fingerprint density at radius 2 is 0.785 bits per heavy atom. The van der Waals surface area contributed by atoms with E-state index in [0.717, 1.165) is 0 Å². The first kappa shape index (κ1) is 65.9.